The lowest BCUT2D eigenvalue weighted by molar-refractivity contribution is 0.244. The summed E-state index contributed by atoms with van der Waals surface area (Å²) in [6.45, 7) is 9.44. The number of hydrogen-bond donors (Lipinski definition) is 1. The normalized spacial score (nSPS) is 16.7. The van der Waals surface area contributed by atoms with Gasteiger partial charge in [0.1, 0.15) is 22.7 Å². The zero-order valence-corrected chi connectivity index (χ0v) is 15.1. The number of halogens is 1. The Hall–Kier alpha value is -1.30. The number of furan rings is 2. The molecule has 0 amide bonds. The Bertz CT molecular complexity index is 801. The molecule has 4 nitrogen and oxygen atoms in total. The molecular weight excluding hydrogens is 356 g/mol. The summed E-state index contributed by atoms with van der Waals surface area (Å²) in [5.41, 5.74) is 3.20. The second-order valence-corrected chi connectivity index (χ2v) is 7.13. The van der Waals surface area contributed by atoms with Gasteiger partial charge < -0.3 is 19.1 Å². The summed E-state index contributed by atoms with van der Waals surface area (Å²) in [6, 6.07) is 4.22. The second-order valence-electron chi connectivity index (χ2n) is 6.33. The van der Waals surface area contributed by atoms with Gasteiger partial charge in [0.25, 0.3) is 0 Å². The van der Waals surface area contributed by atoms with Crippen molar-refractivity contribution in [2.24, 2.45) is 0 Å². The molecule has 5 heteroatoms. The topological polar surface area (TPSA) is 41.5 Å². The molecule has 23 heavy (non-hydrogen) atoms. The molecule has 3 heterocycles. The van der Waals surface area contributed by atoms with Gasteiger partial charge in [-0.3, -0.25) is 0 Å². The van der Waals surface area contributed by atoms with Gasteiger partial charge in [-0.2, -0.15) is 0 Å². The van der Waals surface area contributed by atoms with Crippen molar-refractivity contribution < 1.29 is 8.83 Å². The van der Waals surface area contributed by atoms with Crippen molar-refractivity contribution in [1.29, 1.82) is 0 Å². The largest absolute Gasteiger partial charge is 0.461 e. The summed E-state index contributed by atoms with van der Waals surface area (Å²) < 4.78 is 13.0. The number of nitrogens with zero attached hydrogens (tertiary/aromatic N) is 1. The molecule has 0 saturated carbocycles. The molecule has 0 bridgehead atoms. The van der Waals surface area contributed by atoms with Gasteiger partial charge in [0.05, 0.1) is 4.47 Å². The number of benzene rings is 1. The molecule has 4 rings (SSSR count). The Morgan fingerprint density at radius 3 is 2.43 bits per heavy atom. The number of hydrogen-bond acceptors (Lipinski definition) is 4. The minimum absolute atomic E-state index is 0.936. The first-order valence-electron chi connectivity index (χ1n) is 8.17. The summed E-state index contributed by atoms with van der Waals surface area (Å²) in [5, 5.41) is 5.69. The third-order valence-electron chi connectivity index (χ3n) is 4.63. The molecule has 0 aliphatic carbocycles. The standard InChI is InChI=1S/C18H21BrN2O2/c1-11-9-14-13(3-6-21-7-4-20-5-8-21)17-15(10-12(2)22-17)16(19)18(14)23-11/h9-10,20H,3-8H2,1-2H3. The van der Waals surface area contributed by atoms with E-state index in [0.717, 1.165) is 71.7 Å². The molecule has 3 aromatic rings. The van der Waals surface area contributed by atoms with Crippen molar-refractivity contribution in [3.05, 3.63) is 33.7 Å². The molecular formula is C18H21BrN2O2. The lowest BCUT2D eigenvalue weighted by Crippen LogP contribution is -2.44. The third kappa shape index (κ3) is 2.71. The van der Waals surface area contributed by atoms with Crippen LogP contribution in [0.1, 0.15) is 17.1 Å². The van der Waals surface area contributed by atoms with Crippen LogP contribution in [0.2, 0.25) is 0 Å². The maximum Gasteiger partial charge on any atom is 0.149 e. The van der Waals surface area contributed by atoms with Crippen LogP contribution in [0.5, 0.6) is 0 Å². The van der Waals surface area contributed by atoms with E-state index in [1.807, 2.05) is 13.8 Å². The lowest BCUT2D eigenvalue weighted by atomic mass is 10.0. The predicted molar refractivity (Wildman–Crippen MR) is 96.2 cm³/mol. The highest BCUT2D eigenvalue weighted by molar-refractivity contribution is 9.10. The summed E-state index contributed by atoms with van der Waals surface area (Å²) in [5.74, 6) is 1.88. The molecule has 0 spiro atoms. The fraction of sp³-hybridized carbons (Fsp3) is 0.444. The third-order valence-corrected chi connectivity index (χ3v) is 5.42. The van der Waals surface area contributed by atoms with Crippen molar-refractivity contribution in [2.45, 2.75) is 20.3 Å². The van der Waals surface area contributed by atoms with Crippen molar-refractivity contribution >= 4 is 37.9 Å². The monoisotopic (exact) mass is 376 g/mol. The van der Waals surface area contributed by atoms with E-state index >= 15 is 0 Å². The van der Waals surface area contributed by atoms with Crippen LogP contribution in [0.4, 0.5) is 0 Å². The van der Waals surface area contributed by atoms with Crippen LogP contribution in [0.25, 0.3) is 21.9 Å². The summed E-state index contributed by atoms with van der Waals surface area (Å²) in [7, 11) is 0. The van der Waals surface area contributed by atoms with Crippen LogP contribution in [-0.4, -0.2) is 37.6 Å². The predicted octanol–water partition coefficient (Wildman–Crippen LogP) is 4.01. The van der Waals surface area contributed by atoms with Gasteiger partial charge >= 0.3 is 0 Å². The summed E-state index contributed by atoms with van der Waals surface area (Å²) >= 11 is 3.70. The van der Waals surface area contributed by atoms with Gasteiger partial charge in [-0.1, -0.05) is 0 Å². The zero-order valence-electron chi connectivity index (χ0n) is 13.5. The van der Waals surface area contributed by atoms with E-state index in [0.29, 0.717) is 0 Å². The first-order valence-corrected chi connectivity index (χ1v) is 8.96. The molecule has 0 atom stereocenters. The van der Waals surface area contributed by atoms with E-state index in [1.165, 1.54) is 10.9 Å². The van der Waals surface area contributed by atoms with Crippen LogP contribution < -0.4 is 5.32 Å². The van der Waals surface area contributed by atoms with Crippen molar-refractivity contribution in [2.75, 3.05) is 32.7 Å². The van der Waals surface area contributed by atoms with Crippen LogP contribution in [-0.2, 0) is 6.42 Å². The Morgan fingerprint density at radius 2 is 1.70 bits per heavy atom. The molecule has 2 aromatic heterocycles. The van der Waals surface area contributed by atoms with Crippen molar-refractivity contribution in [1.82, 2.24) is 10.2 Å². The number of piperazine rings is 1. The Balaban J connectivity index is 1.79. The Morgan fingerprint density at radius 1 is 1.04 bits per heavy atom. The van der Waals surface area contributed by atoms with Crippen molar-refractivity contribution in [3.8, 4) is 0 Å². The molecule has 1 aliphatic rings. The number of rotatable bonds is 3. The van der Waals surface area contributed by atoms with Gasteiger partial charge in [0, 0.05) is 49.1 Å². The quantitative estimate of drug-likeness (QED) is 0.749. The molecule has 1 N–H and O–H groups in total. The van der Waals surface area contributed by atoms with Gasteiger partial charge in [0.15, 0.2) is 0 Å². The van der Waals surface area contributed by atoms with E-state index < -0.39 is 0 Å². The zero-order chi connectivity index (χ0) is 16.0. The van der Waals surface area contributed by atoms with E-state index in [-0.39, 0.29) is 0 Å². The number of nitrogens with one attached hydrogen (secondary N) is 1. The van der Waals surface area contributed by atoms with Gasteiger partial charge in [0.2, 0.25) is 0 Å². The fourth-order valence-corrected chi connectivity index (χ4v) is 4.09. The van der Waals surface area contributed by atoms with Crippen LogP contribution in [0.15, 0.2) is 25.4 Å². The number of aryl methyl sites for hydroxylation is 2. The minimum Gasteiger partial charge on any atom is -0.461 e. The van der Waals surface area contributed by atoms with Crippen LogP contribution in [0.3, 0.4) is 0 Å². The van der Waals surface area contributed by atoms with E-state index in [1.54, 1.807) is 0 Å². The first kappa shape index (κ1) is 15.2. The van der Waals surface area contributed by atoms with E-state index in [2.05, 4.69) is 38.3 Å². The fourth-order valence-electron chi connectivity index (χ4n) is 3.50. The Kier molecular flexibility index (Phi) is 3.95. The maximum atomic E-state index is 6.03. The first-order chi connectivity index (χ1) is 11.1. The van der Waals surface area contributed by atoms with E-state index in [4.69, 9.17) is 8.83 Å². The average Bonchev–Trinajstić information content (AvgIpc) is 3.11. The molecule has 1 aliphatic heterocycles. The van der Waals surface area contributed by atoms with Gasteiger partial charge in [-0.15, -0.1) is 0 Å². The highest BCUT2D eigenvalue weighted by atomic mass is 79.9. The minimum atomic E-state index is 0.936. The van der Waals surface area contributed by atoms with Gasteiger partial charge in [-0.25, -0.2) is 0 Å². The molecule has 1 saturated heterocycles. The second kappa shape index (κ2) is 5.96. The smallest absolute Gasteiger partial charge is 0.149 e. The SMILES string of the molecule is Cc1cc2c(CCN3CCNCC3)c3oc(C)cc3c(Br)c2o1. The van der Waals surface area contributed by atoms with Crippen LogP contribution in [0, 0.1) is 13.8 Å². The molecule has 0 radical (unpaired) electrons. The lowest BCUT2D eigenvalue weighted by Gasteiger charge is -2.27. The average molecular weight is 377 g/mol. The maximum absolute atomic E-state index is 6.03. The summed E-state index contributed by atoms with van der Waals surface area (Å²) in [4.78, 5) is 2.51. The molecule has 122 valence electrons. The number of fused-ring (bicyclic) bond motifs is 2. The highest BCUT2D eigenvalue weighted by Gasteiger charge is 2.20. The Labute approximate surface area is 143 Å². The highest BCUT2D eigenvalue weighted by Crippen LogP contribution is 2.39. The van der Waals surface area contributed by atoms with E-state index in [9.17, 15) is 0 Å². The molecule has 1 fully saturated rings. The van der Waals surface area contributed by atoms with Crippen LogP contribution >= 0.6 is 15.9 Å². The molecule has 1 aromatic carbocycles. The van der Waals surface area contributed by atoms with Gasteiger partial charge in [-0.05, 0) is 48.3 Å². The van der Waals surface area contributed by atoms with Crippen molar-refractivity contribution in [3.63, 3.8) is 0 Å². The summed E-state index contributed by atoms with van der Waals surface area (Å²) in [6.07, 6.45) is 0.978. The molecule has 0 unspecified atom stereocenters.